The number of nitrogens with two attached hydrogens (primary N) is 1. The third-order valence-electron chi connectivity index (χ3n) is 1.69. The predicted octanol–water partition coefficient (Wildman–Crippen LogP) is 0.776. The number of anilines is 1. The molecule has 1 aromatic rings. The molecule has 1 aliphatic rings. The minimum atomic E-state index is -3.52. The second kappa shape index (κ2) is 2.90. The standard InChI is InChI=1S/C7H8N2O2S2/c8-13(10,11)7-9-5-3-1-2-4-6(5)12-7/h1-4,7,9H,(H2,8,10,11). The normalized spacial score (nSPS) is 20.8. The van der Waals surface area contributed by atoms with Crippen LogP contribution in [-0.2, 0) is 10.0 Å². The Bertz CT molecular complexity index is 405. The highest BCUT2D eigenvalue weighted by molar-refractivity contribution is 8.13. The van der Waals surface area contributed by atoms with E-state index in [1.165, 1.54) is 11.8 Å². The molecule has 4 nitrogen and oxygen atoms in total. The third-order valence-corrected chi connectivity index (χ3v) is 4.44. The van der Waals surface area contributed by atoms with Gasteiger partial charge in [-0.1, -0.05) is 23.9 Å². The molecule has 6 heteroatoms. The molecule has 0 radical (unpaired) electrons. The largest absolute Gasteiger partial charge is 0.359 e. The van der Waals surface area contributed by atoms with Gasteiger partial charge in [-0.2, -0.15) is 0 Å². The van der Waals surface area contributed by atoms with E-state index in [2.05, 4.69) is 5.32 Å². The first-order chi connectivity index (χ1) is 6.07. The van der Waals surface area contributed by atoms with Crippen LogP contribution in [0.5, 0.6) is 0 Å². The van der Waals surface area contributed by atoms with Gasteiger partial charge in [0.05, 0.1) is 0 Å². The molecule has 0 saturated heterocycles. The number of fused-ring (bicyclic) bond motifs is 1. The van der Waals surface area contributed by atoms with Gasteiger partial charge in [-0.3, -0.25) is 0 Å². The Morgan fingerprint density at radius 2 is 2.08 bits per heavy atom. The summed E-state index contributed by atoms with van der Waals surface area (Å²) in [6, 6.07) is 7.39. The molecule has 1 heterocycles. The van der Waals surface area contributed by atoms with Crippen LogP contribution >= 0.6 is 11.8 Å². The average molecular weight is 216 g/mol. The summed E-state index contributed by atoms with van der Waals surface area (Å²) in [5.74, 6) is 0. The molecule has 1 unspecified atom stereocenters. The molecule has 0 bridgehead atoms. The fourth-order valence-corrected chi connectivity index (χ4v) is 3.08. The second-order valence-corrected chi connectivity index (χ2v) is 5.77. The Kier molecular flexibility index (Phi) is 1.98. The summed E-state index contributed by atoms with van der Waals surface area (Å²) in [5, 5.41) is 7.83. The number of thioether (sulfide) groups is 1. The first-order valence-corrected chi connectivity index (χ1v) is 6.10. The molecule has 0 amide bonds. The molecule has 1 atom stereocenters. The van der Waals surface area contributed by atoms with Crippen molar-refractivity contribution < 1.29 is 8.42 Å². The van der Waals surface area contributed by atoms with Crippen LogP contribution in [-0.4, -0.2) is 13.1 Å². The molecule has 70 valence electrons. The first kappa shape index (κ1) is 8.86. The minimum Gasteiger partial charge on any atom is -0.359 e. The van der Waals surface area contributed by atoms with Gasteiger partial charge in [0.1, 0.15) is 0 Å². The van der Waals surface area contributed by atoms with Gasteiger partial charge in [-0.05, 0) is 12.1 Å². The molecular weight excluding hydrogens is 208 g/mol. The Hall–Kier alpha value is -0.720. The lowest BCUT2D eigenvalue weighted by atomic mass is 10.3. The van der Waals surface area contributed by atoms with Gasteiger partial charge in [0.15, 0.2) is 4.71 Å². The van der Waals surface area contributed by atoms with Gasteiger partial charge >= 0.3 is 0 Å². The molecule has 0 fully saturated rings. The van der Waals surface area contributed by atoms with Gasteiger partial charge in [0.2, 0.25) is 10.0 Å². The topological polar surface area (TPSA) is 72.2 Å². The van der Waals surface area contributed by atoms with E-state index < -0.39 is 14.7 Å². The van der Waals surface area contributed by atoms with Crippen molar-refractivity contribution in [2.75, 3.05) is 5.32 Å². The quantitative estimate of drug-likeness (QED) is 0.727. The van der Waals surface area contributed by atoms with Crippen LogP contribution in [0, 0.1) is 0 Å². The lowest BCUT2D eigenvalue weighted by Crippen LogP contribution is -2.29. The Labute approximate surface area is 80.6 Å². The van der Waals surface area contributed by atoms with Crippen molar-refractivity contribution in [3.05, 3.63) is 24.3 Å². The molecule has 0 aromatic heterocycles. The zero-order chi connectivity index (χ0) is 9.47. The van der Waals surface area contributed by atoms with Crippen molar-refractivity contribution in [3.8, 4) is 0 Å². The second-order valence-electron chi connectivity index (χ2n) is 2.68. The zero-order valence-electron chi connectivity index (χ0n) is 6.60. The maximum atomic E-state index is 11.0. The van der Waals surface area contributed by atoms with Crippen LogP contribution in [0.1, 0.15) is 0 Å². The summed E-state index contributed by atoms with van der Waals surface area (Å²) in [4.78, 5) is 0.918. The number of primary sulfonamides is 1. The van der Waals surface area contributed by atoms with Crippen LogP contribution < -0.4 is 10.5 Å². The summed E-state index contributed by atoms with van der Waals surface area (Å²) < 4.78 is 21.2. The fourth-order valence-electron chi connectivity index (χ4n) is 1.11. The lowest BCUT2D eigenvalue weighted by Gasteiger charge is -2.05. The number of nitrogens with one attached hydrogen (secondary N) is 1. The van der Waals surface area contributed by atoms with Crippen LogP contribution in [0.15, 0.2) is 29.2 Å². The number of sulfonamides is 1. The minimum absolute atomic E-state index is 0.745. The molecule has 0 saturated carbocycles. The Morgan fingerprint density at radius 1 is 1.38 bits per heavy atom. The van der Waals surface area contributed by atoms with Crippen molar-refractivity contribution >= 4 is 27.5 Å². The molecule has 0 aliphatic carbocycles. The van der Waals surface area contributed by atoms with E-state index in [4.69, 9.17) is 5.14 Å². The number of rotatable bonds is 1. The van der Waals surface area contributed by atoms with Gasteiger partial charge in [-0.15, -0.1) is 0 Å². The number of para-hydroxylation sites is 1. The molecule has 13 heavy (non-hydrogen) atoms. The highest BCUT2D eigenvalue weighted by atomic mass is 32.3. The van der Waals surface area contributed by atoms with E-state index >= 15 is 0 Å². The first-order valence-electron chi connectivity index (χ1n) is 3.61. The Balaban J connectivity index is 2.33. The molecule has 0 spiro atoms. The van der Waals surface area contributed by atoms with E-state index in [9.17, 15) is 8.42 Å². The maximum absolute atomic E-state index is 11.0. The Morgan fingerprint density at radius 3 is 2.69 bits per heavy atom. The van der Waals surface area contributed by atoms with Crippen LogP contribution in [0.25, 0.3) is 0 Å². The maximum Gasteiger partial charge on any atom is 0.240 e. The summed E-state index contributed by atoms with van der Waals surface area (Å²) in [6.45, 7) is 0. The van der Waals surface area contributed by atoms with E-state index in [0.29, 0.717) is 0 Å². The van der Waals surface area contributed by atoms with E-state index in [1.807, 2.05) is 24.3 Å². The monoisotopic (exact) mass is 216 g/mol. The molecular formula is C7H8N2O2S2. The number of benzene rings is 1. The third kappa shape index (κ3) is 1.65. The van der Waals surface area contributed by atoms with Crippen molar-refractivity contribution in [1.29, 1.82) is 0 Å². The predicted molar refractivity (Wildman–Crippen MR) is 52.8 cm³/mol. The van der Waals surface area contributed by atoms with E-state index in [-0.39, 0.29) is 0 Å². The highest BCUT2D eigenvalue weighted by Crippen LogP contribution is 2.39. The molecule has 2 rings (SSSR count). The van der Waals surface area contributed by atoms with Crippen LogP contribution in [0.2, 0.25) is 0 Å². The van der Waals surface area contributed by atoms with Crippen molar-refractivity contribution in [2.45, 2.75) is 9.60 Å². The molecule has 3 N–H and O–H groups in total. The summed E-state index contributed by atoms with van der Waals surface area (Å²) in [7, 11) is -3.52. The van der Waals surface area contributed by atoms with Gasteiger partial charge in [0, 0.05) is 10.6 Å². The van der Waals surface area contributed by atoms with E-state index in [1.54, 1.807) is 0 Å². The van der Waals surface area contributed by atoms with Crippen LogP contribution in [0.4, 0.5) is 5.69 Å². The van der Waals surface area contributed by atoms with Gasteiger partial charge < -0.3 is 5.32 Å². The van der Waals surface area contributed by atoms with E-state index in [0.717, 1.165) is 10.6 Å². The van der Waals surface area contributed by atoms with Crippen molar-refractivity contribution in [2.24, 2.45) is 5.14 Å². The van der Waals surface area contributed by atoms with Crippen molar-refractivity contribution in [1.82, 2.24) is 0 Å². The average Bonchev–Trinajstić information content (AvgIpc) is 2.45. The lowest BCUT2D eigenvalue weighted by molar-refractivity contribution is 0.597. The van der Waals surface area contributed by atoms with Crippen LogP contribution in [0.3, 0.4) is 0 Å². The SMILES string of the molecule is NS(=O)(=O)C1Nc2ccccc2S1. The summed E-state index contributed by atoms with van der Waals surface area (Å²) in [5.41, 5.74) is 0.825. The number of hydrogen-bond donors (Lipinski definition) is 2. The molecule has 1 aliphatic heterocycles. The van der Waals surface area contributed by atoms with Crippen molar-refractivity contribution in [3.63, 3.8) is 0 Å². The smallest absolute Gasteiger partial charge is 0.240 e. The van der Waals surface area contributed by atoms with Gasteiger partial charge in [-0.25, -0.2) is 13.6 Å². The number of hydrogen-bond acceptors (Lipinski definition) is 4. The summed E-state index contributed by atoms with van der Waals surface area (Å²) >= 11 is 1.22. The zero-order valence-corrected chi connectivity index (χ0v) is 8.23. The highest BCUT2D eigenvalue weighted by Gasteiger charge is 2.29. The summed E-state index contributed by atoms with van der Waals surface area (Å²) in [6.07, 6.45) is 0. The fraction of sp³-hybridized carbons (Fsp3) is 0.143. The van der Waals surface area contributed by atoms with Gasteiger partial charge in [0.25, 0.3) is 0 Å². The molecule has 1 aromatic carbocycles.